The van der Waals surface area contributed by atoms with Gasteiger partial charge >= 0.3 is 0 Å². The Kier molecular flexibility index (Phi) is 3.73. The molecule has 0 unspecified atom stereocenters. The molecule has 0 aliphatic carbocycles. The number of hydrogen-bond acceptors (Lipinski definition) is 5. The fourth-order valence-electron chi connectivity index (χ4n) is 2.55. The van der Waals surface area contributed by atoms with E-state index in [-0.39, 0.29) is 11.3 Å². The molecule has 0 radical (unpaired) electrons. The minimum absolute atomic E-state index is 0.174. The molecule has 116 valence electrons. The Morgan fingerprint density at radius 1 is 1.12 bits per heavy atom. The molecule has 2 heterocycles. The summed E-state index contributed by atoms with van der Waals surface area (Å²) in [6.45, 7) is 0. The van der Waals surface area contributed by atoms with Crippen LogP contribution in [0, 0.1) is 22.7 Å². The molecule has 0 bridgehead atoms. The predicted octanol–water partition coefficient (Wildman–Crippen LogP) is 2.44. The fourth-order valence-corrected chi connectivity index (χ4v) is 2.55. The highest BCUT2D eigenvalue weighted by Gasteiger charge is 2.14. The number of benzene rings is 1. The standard InChI is InChI=1S/C18H13N5O/c1-22(14-5-3-4-12(8-14)10-19)16-9-17(24)23(2)15-7-6-13(11-20)21-18(15)16/h3-9H,1-2H3. The number of nitriles is 2. The van der Waals surface area contributed by atoms with E-state index in [0.717, 1.165) is 5.69 Å². The monoisotopic (exact) mass is 315 g/mol. The molecule has 3 aromatic rings. The van der Waals surface area contributed by atoms with Gasteiger partial charge in [-0.05, 0) is 30.3 Å². The smallest absolute Gasteiger partial charge is 0.252 e. The van der Waals surface area contributed by atoms with Gasteiger partial charge in [-0.3, -0.25) is 4.79 Å². The number of rotatable bonds is 2. The van der Waals surface area contributed by atoms with Crippen LogP contribution in [0.5, 0.6) is 0 Å². The first-order valence-corrected chi connectivity index (χ1v) is 7.20. The highest BCUT2D eigenvalue weighted by Crippen LogP contribution is 2.29. The SMILES string of the molecule is CN(c1cccc(C#N)c1)c1cc(=O)n(C)c2ccc(C#N)nc12. The van der Waals surface area contributed by atoms with Crippen molar-refractivity contribution in [3.8, 4) is 12.1 Å². The van der Waals surface area contributed by atoms with Crippen LogP contribution in [0.2, 0.25) is 0 Å². The predicted molar refractivity (Wildman–Crippen MR) is 90.9 cm³/mol. The van der Waals surface area contributed by atoms with Gasteiger partial charge in [0.1, 0.15) is 17.3 Å². The molecule has 24 heavy (non-hydrogen) atoms. The second kappa shape index (κ2) is 5.86. The van der Waals surface area contributed by atoms with Crippen molar-refractivity contribution in [2.24, 2.45) is 7.05 Å². The van der Waals surface area contributed by atoms with Gasteiger partial charge < -0.3 is 9.47 Å². The van der Waals surface area contributed by atoms with Crippen molar-refractivity contribution < 1.29 is 0 Å². The van der Waals surface area contributed by atoms with Crippen LogP contribution in [0.15, 0.2) is 47.3 Å². The van der Waals surface area contributed by atoms with Crippen molar-refractivity contribution in [2.75, 3.05) is 11.9 Å². The van der Waals surface area contributed by atoms with Gasteiger partial charge in [0.15, 0.2) is 0 Å². The number of fused-ring (bicyclic) bond motifs is 1. The van der Waals surface area contributed by atoms with Gasteiger partial charge in [0.2, 0.25) is 0 Å². The Hall–Kier alpha value is -3.64. The average molecular weight is 315 g/mol. The van der Waals surface area contributed by atoms with E-state index in [0.29, 0.717) is 22.3 Å². The average Bonchev–Trinajstić information content (AvgIpc) is 2.63. The number of aryl methyl sites for hydroxylation is 1. The topological polar surface area (TPSA) is 85.7 Å². The maximum Gasteiger partial charge on any atom is 0.252 e. The van der Waals surface area contributed by atoms with Gasteiger partial charge in [0.25, 0.3) is 5.56 Å². The number of hydrogen-bond donors (Lipinski definition) is 0. The summed E-state index contributed by atoms with van der Waals surface area (Å²) in [5.74, 6) is 0. The first kappa shape index (κ1) is 15.3. The Balaban J connectivity index is 2.28. The summed E-state index contributed by atoms with van der Waals surface area (Å²) in [6.07, 6.45) is 0. The van der Waals surface area contributed by atoms with E-state index in [4.69, 9.17) is 10.5 Å². The number of aromatic nitrogens is 2. The third-order valence-electron chi connectivity index (χ3n) is 3.91. The summed E-state index contributed by atoms with van der Waals surface area (Å²) in [5, 5.41) is 18.2. The normalized spacial score (nSPS) is 10.2. The zero-order chi connectivity index (χ0) is 17.3. The van der Waals surface area contributed by atoms with E-state index in [2.05, 4.69) is 11.1 Å². The molecule has 0 atom stereocenters. The Morgan fingerprint density at radius 2 is 1.92 bits per heavy atom. The van der Waals surface area contributed by atoms with Crippen LogP contribution in [-0.4, -0.2) is 16.6 Å². The lowest BCUT2D eigenvalue weighted by atomic mass is 10.1. The minimum atomic E-state index is -0.174. The van der Waals surface area contributed by atoms with Crippen LogP contribution < -0.4 is 10.5 Å². The molecule has 2 aromatic heterocycles. The Morgan fingerprint density at radius 3 is 2.62 bits per heavy atom. The molecule has 6 nitrogen and oxygen atoms in total. The molecule has 6 heteroatoms. The summed E-state index contributed by atoms with van der Waals surface area (Å²) in [7, 11) is 3.46. The fraction of sp³-hybridized carbons (Fsp3) is 0.111. The first-order valence-electron chi connectivity index (χ1n) is 7.20. The number of pyridine rings is 2. The molecule has 0 aliphatic heterocycles. The van der Waals surface area contributed by atoms with E-state index in [1.165, 1.54) is 10.6 Å². The zero-order valence-electron chi connectivity index (χ0n) is 13.2. The third kappa shape index (κ3) is 2.47. The molecule has 0 aliphatic rings. The van der Waals surface area contributed by atoms with Gasteiger partial charge in [0.05, 0.1) is 22.8 Å². The molecule has 1 aromatic carbocycles. The van der Waals surface area contributed by atoms with E-state index in [1.807, 2.05) is 12.1 Å². The molecule has 0 N–H and O–H groups in total. The largest absolute Gasteiger partial charge is 0.343 e. The molecule has 3 rings (SSSR count). The van der Waals surface area contributed by atoms with E-state index in [9.17, 15) is 4.79 Å². The van der Waals surface area contributed by atoms with Crippen LogP contribution in [-0.2, 0) is 7.05 Å². The lowest BCUT2D eigenvalue weighted by molar-refractivity contribution is 0.901. The second-order valence-electron chi connectivity index (χ2n) is 5.32. The summed E-state index contributed by atoms with van der Waals surface area (Å²) >= 11 is 0. The molecule has 0 fully saturated rings. The lowest BCUT2D eigenvalue weighted by Gasteiger charge is -2.21. The van der Waals surface area contributed by atoms with Crippen molar-refractivity contribution in [2.45, 2.75) is 0 Å². The summed E-state index contributed by atoms with van der Waals surface area (Å²) < 4.78 is 1.49. The summed E-state index contributed by atoms with van der Waals surface area (Å²) in [4.78, 5) is 18.4. The van der Waals surface area contributed by atoms with Crippen molar-refractivity contribution in [3.63, 3.8) is 0 Å². The lowest BCUT2D eigenvalue weighted by Crippen LogP contribution is -2.21. The number of nitrogens with zero attached hydrogens (tertiary/aromatic N) is 5. The van der Waals surface area contributed by atoms with Crippen molar-refractivity contribution in [1.82, 2.24) is 9.55 Å². The zero-order valence-corrected chi connectivity index (χ0v) is 13.2. The molecule has 0 saturated carbocycles. The highest BCUT2D eigenvalue weighted by atomic mass is 16.1. The maximum absolute atomic E-state index is 12.3. The van der Waals surface area contributed by atoms with Crippen LogP contribution >= 0.6 is 0 Å². The molecule has 0 amide bonds. The highest BCUT2D eigenvalue weighted by molar-refractivity contribution is 5.90. The van der Waals surface area contributed by atoms with Gasteiger partial charge in [-0.15, -0.1) is 0 Å². The summed E-state index contributed by atoms with van der Waals surface area (Å²) in [5.41, 5.74) is 3.17. The van der Waals surface area contributed by atoms with Crippen LogP contribution in [0.3, 0.4) is 0 Å². The quantitative estimate of drug-likeness (QED) is 0.725. The van der Waals surface area contributed by atoms with Gasteiger partial charge in [-0.25, -0.2) is 4.98 Å². The van der Waals surface area contributed by atoms with Crippen LogP contribution in [0.4, 0.5) is 11.4 Å². The summed E-state index contributed by atoms with van der Waals surface area (Å²) in [6, 6.07) is 16.0. The van der Waals surface area contributed by atoms with Crippen molar-refractivity contribution in [1.29, 1.82) is 10.5 Å². The van der Waals surface area contributed by atoms with Crippen molar-refractivity contribution >= 4 is 22.4 Å². The Bertz CT molecular complexity index is 1090. The molecule has 0 saturated heterocycles. The van der Waals surface area contributed by atoms with Gasteiger partial charge in [-0.1, -0.05) is 6.07 Å². The van der Waals surface area contributed by atoms with E-state index >= 15 is 0 Å². The second-order valence-corrected chi connectivity index (χ2v) is 5.32. The number of anilines is 2. The Labute approximate surface area is 138 Å². The molecular weight excluding hydrogens is 302 g/mol. The van der Waals surface area contributed by atoms with Crippen molar-refractivity contribution in [3.05, 3.63) is 64.1 Å². The van der Waals surface area contributed by atoms with Gasteiger partial charge in [-0.2, -0.15) is 10.5 Å². The van der Waals surface area contributed by atoms with Crippen LogP contribution in [0.25, 0.3) is 11.0 Å². The van der Waals surface area contributed by atoms with E-state index < -0.39 is 0 Å². The maximum atomic E-state index is 12.3. The third-order valence-corrected chi connectivity index (χ3v) is 3.91. The molecule has 0 spiro atoms. The van der Waals surface area contributed by atoms with Crippen LogP contribution in [0.1, 0.15) is 11.3 Å². The molecular formula is C18H13N5O. The minimum Gasteiger partial charge on any atom is -0.343 e. The first-order chi connectivity index (χ1) is 11.5. The van der Waals surface area contributed by atoms with Gasteiger partial charge in [0, 0.05) is 25.8 Å². The van der Waals surface area contributed by atoms with E-state index in [1.54, 1.807) is 49.3 Å².